The second-order valence-corrected chi connectivity index (χ2v) is 9.19. The van der Waals surface area contributed by atoms with Crippen LogP contribution >= 0.6 is 24.0 Å². The van der Waals surface area contributed by atoms with Crippen molar-refractivity contribution in [2.45, 2.75) is 52.5 Å². The van der Waals surface area contributed by atoms with E-state index in [1.54, 1.807) is 6.92 Å². The Bertz CT molecular complexity index is 474. The van der Waals surface area contributed by atoms with Gasteiger partial charge in [0.05, 0.1) is 12.3 Å². The van der Waals surface area contributed by atoms with Crippen LogP contribution in [0.3, 0.4) is 0 Å². The van der Waals surface area contributed by atoms with Crippen LogP contribution < -0.4 is 10.6 Å². The zero-order chi connectivity index (χ0) is 17.3. The third kappa shape index (κ3) is 8.84. The maximum absolute atomic E-state index is 11.6. The summed E-state index contributed by atoms with van der Waals surface area (Å²) >= 11 is 0. The molecule has 24 heavy (non-hydrogen) atoms. The van der Waals surface area contributed by atoms with Gasteiger partial charge < -0.3 is 10.6 Å². The molecule has 0 radical (unpaired) electrons. The highest BCUT2D eigenvalue weighted by atomic mass is 127. The summed E-state index contributed by atoms with van der Waals surface area (Å²) in [4.78, 5) is 7.17. The molecule has 0 spiro atoms. The van der Waals surface area contributed by atoms with E-state index in [1.165, 1.54) is 19.3 Å². The third-order valence-electron chi connectivity index (χ3n) is 4.33. The number of piperidine rings is 1. The van der Waals surface area contributed by atoms with Crippen molar-refractivity contribution >= 4 is 39.8 Å². The highest BCUT2D eigenvalue weighted by Gasteiger charge is 2.27. The molecule has 6 nitrogen and oxygen atoms in total. The van der Waals surface area contributed by atoms with Gasteiger partial charge in [-0.25, -0.2) is 8.42 Å². The SMILES string of the molecule is CCNC(=NCC(C)(C)N1CCCCC1)NCCS(=O)(=O)CC.I. The molecule has 1 fully saturated rings. The lowest BCUT2D eigenvalue weighted by Gasteiger charge is -2.40. The van der Waals surface area contributed by atoms with E-state index in [1.807, 2.05) is 6.92 Å². The minimum atomic E-state index is -2.94. The molecule has 0 unspecified atom stereocenters. The Morgan fingerprint density at radius 2 is 1.75 bits per heavy atom. The molecule has 1 aliphatic heterocycles. The van der Waals surface area contributed by atoms with Crippen LogP contribution in [-0.2, 0) is 9.84 Å². The molecule has 0 aromatic rings. The Balaban J connectivity index is 0.00000529. The Kier molecular flexibility index (Phi) is 11.5. The predicted octanol–water partition coefficient (Wildman–Crippen LogP) is 1.86. The summed E-state index contributed by atoms with van der Waals surface area (Å²) in [5, 5.41) is 6.32. The summed E-state index contributed by atoms with van der Waals surface area (Å²) < 4.78 is 23.1. The van der Waals surface area contributed by atoms with Gasteiger partial charge in [0, 0.05) is 24.4 Å². The first-order valence-electron chi connectivity index (χ1n) is 8.78. The summed E-state index contributed by atoms with van der Waals surface area (Å²) in [6.45, 7) is 12.3. The van der Waals surface area contributed by atoms with Gasteiger partial charge in [-0.05, 0) is 46.7 Å². The van der Waals surface area contributed by atoms with Gasteiger partial charge in [-0.2, -0.15) is 0 Å². The molecule has 144 valence electrons. The fourth-order valence-electron chi connectivity index (χ4n) is 2.68. The molecule has 1 saturated heterocycles. The topological polar surface area (TPSA) is 73.8 Å². The molecule has 0 saturated carbocycles. The number of hydrogen-bond donors (Lipinski definition) is 2. The molecule has 0 aliphatic carbocycles. The molecule has 2 N–H and O–H groups in total. The van der Waals surface area contributed by atoms with Gasteiger partial charge in [0.1, 0.15) is 0 Å². The number of likely N-dealkylation sites (tertiary alicyclic amines) is 1. The number of nitrogens with one attached hydrogen (secondary N) is 2. The van der Waals surface area contributed by atoms with E-state index in [-0.39, 0.29) is 41.0 Å². The van der Waals surface area contributed by atoms with Gasteiger partial charge in [0.25, 0.3) is 0 Å². The van der Waals surface area contributed by atoms with E-state index in [0.29, 0.717) is 19.0 Å². The van der Waals surface area contributed by atoms with Crippen molar-refractivity contribution in [3.05, 3.63) is 0 Å². The quantitative estimate of drug-likeness (QED) is 0.319. The van der Waals surface area contributed by atoms with Crippen LogP contribution in [0.1, 0.15) is 47.0 Å². The van der Waals surface area contributed by atoms with Crippen molar-refractivity contribution in [1.29, 1.82) is 0 Å². The lowest BCUT2D eigenvalue weighted by molar-refractivity contribution is 0.102. The van der Waals surface area contributed by atoms with Crippen molar-refractivity contribution < 1.29 is 8.42 Å². The van der Waals surface area contributed by atoms with Crippen molar-refractivity contribution in [3.63, 3.8) is 0 Å². The van der Waals surface area contributed by atoms with Crippen LogP contribution in [0, 0.1) is 0 Å². The standard InChI is InChI=1S/C16H34N4O2S.HI/c1-5-17-15(18-10-13-23(21,22)6-2)19-14-16(3,4)20-11-8-7-9-12-20;/h5-14H2,1-4H3,(H2,17,18,19);1H. The van der Waals surface area contributed by atoms with Crippen LogP contribution in [0.25, 0.3) is 0 Å². The molecule has 0 aromatic carbocycles. The number of halogens is 1. The van der Waals surface area contributed by atoms with Crippen molar-refractivity contribution in [2.75, 3.05) is 44.2 Å². The number of guanidine groups is 1. The van der Waals surface area contributed by atoms with E-state index >= 15 is 0 Å². The number of rotatable bonds is 8. The first-order chi connectivity index (χ1) is 10.8. The summed E-state index contributed by atoms with van der Waals surface area (Å²) in [6, 6.07) is 0. The van der Waals surface area contributed by atoms with Crippen LogP contribution in [0.15, 0.2) is 4.99 Å². The molecule has 0 bridgehead atoms. The van der Waals surface area contributed by atoms with Crippen LogP contribution in [0.2, 0.25) is 0 Å². The van der Waals surface area contributed by atoms with E-state index in [9.17, 15) is 8.42 Å². The largest absolute Gasteiger partial charge is 0.357 e. The first kappa shape index (κ1) is 23.9. The molecule has 1 aliphatic rings. The zero-order valence-corrected chi connectivity index (χ0v) is 18.7. The van der Waals surface area contributed by atoms with Gasteiger partial charge >= 0.3 is 0 Å². The molecule has 0 aromatic heterocycles. The molecular weight excluding hydrogens is 439 g/mol. The van der Waals surface area contributed by atoms with Crippen LogP contribution in [-0.4, -0.2) is 69.0 Å². The molecule has 0 amide bonds. The van der Waals surface area contributed by atoms with Crippen molar-refractivity contribution in [1.82, 2.24) is 15.5 Å². The fraction of sp³-hybridized carbons (Fsp3) is 0.938. The highest BCUT2D eigenvalue weighted by Crippen LogP contribution is 2.20. The Hall–Kier alpha value is -0.0900. The monoisotopic (exact) mass is 474 g/mol. The van der Waals surface area contributed by atoms with Crippen LogP contribution in [0.5, 0.6) is 0 Å². The Morgan fingerprint density at radius 1 is 1.12 bits per heavy atom. The Morgan fingerprint density at radius 3 is 2.29 bits per heavy atom. The van der Waals surface area contributed by atoms with E-state index < -0.39 is 9.84 Å². The van der Waals surface area contributed by atoms with E-state index in [0.717, 1.165) is 19.6 Å². The number of nitrogens with zero attached hydrogens (tertiary/aromatic N) is 2. The predicted molar refractivity (Wildman–Crippen MR) is 113 cm³/mol. The van der Waals surface area contributed by atoms with Gasteiger partial charge in [-0.1, -0.05) is 13.3 Å². The zero-order valence-electron chi connectivity index (χ0n) is 15.6. The van der Waals surface area contributed by atoms with Gasteiger partial charge in [0.2, 0.25) is 0 Å². The lowest BCUT2D eigenvalue weighted by atomic mass is 9.99. The van der Waals surface area contributed by atoms with Crippen molar-refractivity contribution in [3.8, 4) is 0 Å². The number of aliphatic imine (C=N–C) groups is 1. The molecule has 1 rings (SSSR count). The second-order valence-electron chi connectivity index (χ2n) is 6.72. The van der Waals surface area contributed by atoms with Gasteiger partial charge in [-0.3, -0.25) is 9.89 Å². The first-order valence-corrected chi connectivity index (χ1v) is 10.6. The number of sulfone groups is 1. The fourth-order valence-corrected chi connectivity index (χ4v) is 3.38. The normalized spacial score (nSPS) is 17.2. The van der Waals surface area contributed by atoms with E-state index in [2.05, 4.69) is 34.4 Å². The summed E-state index contributed by atoms with van der Waals surface area (Å²) in [7, 11) is -2.94. The minimum Gasteiger partial charge on any atom is -0.357 e. The average molecular weight is 474 g/mol. The minimum absolute atomic E-state index is 0. The molecule has 1 heterocycles. The second kappa shape index (κ2) is 11.5. The molecule has 0 atom stereocenters. The van der Waals surface area contributed by atoms with Gasteiger partial charge in [0.15, 0.2) is 15.8 Å². The molecule has 8 heteroatoms. The summed E-state index contributed by atoms with van der Waals surface area (Å²) in [6.07, 6.45) is 3.85. The highest BCUT2D eigenvalue weighted by molar-refractivity contribution is 14.0. The third-order valence-corrected chi connectivity index (χ3v) is 6.03. The van der Waals surface area contributed by atoms with E-state index in [4.69, 9.17) is 0 Å². The maximum atomic E-state index is 11.6. The van der Waals surface area contributed by atoms with Crippen molar-refractivity contribution in [2.24, 2.45) is 4.99 Å². The smallest absolute Gasteiger partial charge is 0.191 e. The molecular formula is C16H35IN4O2S. The maximum Gasteiger partial charge on any atom is 0.191 e. The average Bonchev–Trinajstić information content (AvgIpc) is 2.53. The van der Waals surface area contributed by atoms with Gasteiger partial charge in [-0.15, -0.1) is 24.0 Å². The summed E-state index contributed by atoms with van der Waals surface area (Å²) in [5.41, 5.74) is 0.0261. The number of hydrogen-bond acceptors (Lipinski definition) is 4. The summed E-state index contributed by atoms with van der Waals surface area (Å²) in [5.74, 6) is 1.03. The Labute approximate surface area is 165 Å². The van der Waals surface area contributed by atoms with Crippen LogP contribution in [0.4, 0.5) is 0 Å². The lowest BCUT2D eigenvalue weighted by Crippen LogP contribution is -2.49.